The number of benzene rings is 1. The van der Waals surface area contributed by atoms with Gasteiger partial charge in [0.2, 0.25) is 0 Å². The van der Waals surface area contributed by atoms with Gasteiger partial charge in [0.25, 0.3) is 0 Å². The van der Waals surface area contributed by atoms with E-state index >= 15 is 0 Å². The quantitative estimate of drug-likeness (QED) is 0.251. The fourth-order valence-corrected chi connectivity index (χ4v) is 1.62. The van der Waals surface area contributed by atoms with Crippen molar-refractivity contribution in [1.82, 2.24) is 0 Å². The molecule has 9 heteroatoms. The van der Waals surface area contributed by atoms with E-state index in [0.717, 1.165) is 6.20 Å². The maximum Gasteiger partial charge on any atom is 0.487 e. The van der Waals surface area contributed by atoms with Crippen LogP contribution in [-0.4, -0.2) is 30.7 Å². The van der Waals surface area contributed by atoms with Crippen molar-refractivity contribution in [1.29, 1.82) is 0 Å². The van der Waals surface area contributed by atoms with E-state index in [1.54, 1.807) is 13.8 Å². The minimum Gasteiger partial charge on any atom is -0.462 e. The highest BCUT2D eigenvalue weighted by Gasteiger charge is 2.27. The fraction of sp³-hybridized carbons (Fsp3) is 0.333. The number of rotatable bonds is 8. The van der Waals surface area contributed by atoms with Gasteiger partial charge in [0, 0.05) is 23.5 Å². The van der Waals surface area contributed by atoms with Crippen molar-refractivity contribution in [2.75, 3.05) is 18.5 Å². The molecule has 0 radical (unpaired) electrons. The van der Waals surface area contributed by atoms with Crippen molar-refractivity contribution >= 4 is 29.2 Å². The summed E-state index contributed by atoms with van der Waals surface area (Å²) in [5, 5.41) is 2.67. The zero-order chi connectivity index (χ0) is 18.2. The SMILES string of the molecule is CCOC(=O)C(=CNc1ccc(OC(F)(F)Cl)cc1)C(=O)OCC. The second-order valence-electron chi connectivity index (χ2n) is 4.22. The molecule has 0 aliphatic heterocycles. The number of carbonyl (C=O) groups is 2. The maximum atomic E-state index is 12.5. The van der Waals surface area contributed by atoms with Gasteiger partial charge < -0.3 is 19.5 Å². The third kappa shape index (κ3) is 6.82. The largest absolute Gasteiger partial charge is 0.487 e. The third-order valence-electron chi connectivity index (χ3n) is 2.46. The van der Waals surface area contributed by atoms with Crippen molar-refractivity contribution in [3.8, 4) is 5.75 Å². The van der Waals surface area contributed by atoms with Crippen LogP contribution in [0.3, 0.4) is 0 Å². The Morgan fingerprint density at radius 1 is 1.12 bits per heavy atom. The molecule has 6 nitrogen and oxygen atoms in total. The van der Waals surface area contributed by atoms with Crippen molar-refractivity contribution < 1.29 is 32.6 Å². The van der Waals surface area contributed by atoms with Gasteiger partial charge in [0.1, 0.15) is 5.75 Å². The Bertz CT molecular complexity index is 579. The number of alkyl halides is 3. The van der Waals surface area contributed by atoms with Crippen LogP contribution in [-0.2, 0) is 19.1 Å². The molecular weight excluding hydrogens is 348 g/mol. The van der Waals surface area contributed by atoms with Crippen LogP contribution in [0.15, 0.2) is 36.0 Å². The van der Waals surface area contributed by atoms with Gasteiger partial charge >= 0.3 is 17.5 Å². The first-order valence-corrected chi connectivity index (χ1v) is 7.31. The molecule has 132 valence electrons. The lowest BCUT2D eigenvalue weighted by molar-refractivity contribution is -0.146. The van der Waals surface area contributed by atoms with Gasteiger partial charge in [-0.15, -0.1) is 8.78 Å². The normalized spacial score (nSPS) is 10.5. The van der Waals surface area contributed by atoms with Gasteiger partial charge in [-0.05, 0) is 38.1 Å². The van der Waals surface area contributed by atoms with Gasteiger partial charge in [0.05, 0.1) is 13.2 Å². The predicted molar refractivity (Wildman–Crippen MR) is 82.8 cm³/mol. The molecule has 1 aromatic rings. The van der Waals surface area contributed by atoms with Crippen LogP contribution in [0, 0.1) is 0 Å². The molecule has 1 N–H and O–H groups in total. The molecule has 0 aromatic heterocycles. The Morgan fingerprint density at radius 3 is 2.04 bits per heavy atom. The van der Waals surface area contributed by atoms with E-state index in [1.807, 2.05) is 0 Å². The zero-order valence-electron chi connectivity index (χ0n) is 13.0. The number of halogens is 3. The predicted octanol–water partition coefficient (Wildman–Crippen LogP) is 3.28. The Kier molecular flexibility index (Phi) is 7.44. The van der Waals surface area contributed by atoms with Gasteiger partial charge in [-0.3, -0.25) is 0 Å². The highest BCUT2D eigenvalue weighted by atomic mass is 35.5. The number of ether oxygens (including phenoxy) is 3. The summed E-state index contributed by atoms with van der Waals surface area (Å²) in [5.74, 6) is -1.84. The van der Waals surface area contributed by atoms with E-state index in [1.165, 1.54) is 24.3 Å². The lowest BCUT2D eigenvalue weighted by Gasteiger charge is -2.11. The molecule has 0 heterocycles. The highest BCUT2D eigenvalue weighted by molar-refractivity contribution is 6.20. The smallest absolute Gasteiger partial charge is 0.462 e. The molecule has 0 saturated heterocycles. The summed E-state index contributed by atoms with van der Waals surface area (Å²) in [6, 6.07) is 5.26. The molecule has 0 aliphatic carbocycles. The Labute approximate surface area is 142 Å². The summed E-state index contributed by atoms with van der Waals surface area (Å²) in [4.78, 5) is 23.5. The van der Waals surface area contributed by atoms with Crippen LogP contribution in [0.5, 0.6) is 5.75 Å². The van der Waals surface area contributed by atoms with E-state index in [0.29, 0.717) is 5.69 Å². The molecule has 0 fully saturated rings. The molecule has 0 atom stereocenters. The second-order valence-corrected chi connectivity index (χ2v) is 4.66. The molecule has 0 spiro atoms. The summed E-state index contributed by atoms with van der Waals surface area (Å²) >= 11 is 4.66. The standard InChI is InChI=1S/C15H16ClF2NO5/c1-3-22-13(20)12(14(21)23-4-2)9-19-10-5-7-11(8-6-10)24-15(16,17)18/h5-9,19H,3-4H2,1-2H3. The van der Waals surface area contributed by atoms with Crippen LogP contribution >= 0.6 is 11.6 Å². The van der Waals surface area contributed by atoms with E-state index in [2.05, 4.69) is 21.7 Å². The lowest BCUT2D eigenvalue weighted by atomic mass is 10.2. The van der Waals surface area contributed by atoms with Crippen LogP contribution in [0.2, 0.25) is 0 Å². The maximum absolute atomic E-state index is 12.5. The number of carbonyl (C=O) groups excluding carboxylic acids is 2. The molecule has 0 unspecified atom stereocenters. The van der Waals surface area contributed by atoms with E-state index in [-0.39, 0.29) is 24.5 Å². The second kappa shape index (κ2) is 9.07. The van der Waals surface area contributed by atoms with E-state index in [9.17, 15) is 18.4 Å². The summed E-state index contributed by atoms with van der Waals surface area (Å²) in [7, 11) is 0. The van der Waals surface area contributed by atoms with E-state index < -0.39 is 17.5 Å². The van der Waals surface area contributed by atoms with E-state index in [4.69, 9.17) is 9.47 Å². The monoisotopic (exact) mass is 363 g/mol. The third-order valence-corrected chi connectivity index (χ3v) is 2.54. The molecule has 0 saturated carbocycles. The number of nitrogens with one attached hydrogen (secondary N) is 1. The topological polar surface area (TPSA) is 73.9 Å². The first kappa shape index (κ1) is 19.7. The number of hydrogen-bond acceptors (Lipinski definition) is 6. The number of anilines is 1. The first-order valence-electron chi connectivity index (χ1n) is 6.93. The Balaban J connectivity index is 2.85. The average molecular weight is 364 g/mol. The molecule has 0 amide bonds. The number of hydrogen-bond donors (Lipinski definition) is 1. The Morgan fingerprint density at radius 2 is 1.62 bits per heavy atom. The van der Waals surface area contributed by atoms with Crippen molar-refractivity contribution in [2.24, 2.45) is 0 Å². The number of esters is 2. The molecular formula is C15H16ClF2NO5. The fourth-order valence-electron chi connectivity index (χ4n) is 1.53. The van der Waals surface area contributed by atoms with Crippen LogP contribution < -0.4 is 10.1 Å². The van der Waals surface area contributed by atoms with Gasteiger partial charge in [-0.2, -0.15) is 0 Å². The molecule has 1 aromatic carbocycles. The van der Waals surface area contributed by atoms with Gasteiger partial charge in [0.15, 0.2) is 5.57 Å². The lowest BCUT2D eigenvalue weighted by Crippen LogP contribution is -2.19. The summed E-state index contributed by atoms with van der Waals surface area (Å²) in [6.07, 6.45) is 1.11. The minimum atomic E-state index is -3.81. The molecule has 24 heavy (non-hydrogen) atoms. The molecule has 0 aliphatic rings. The zero-order valence-corrected chi connectivity index (χ0v) is 13.7. The van der Waals surface area contributed by atoms with Crippen molar-refractivity contribution in [2.45, 2.75) is 19.4 Å². The highest BCUT2D eigenvalue weighted by Crippen LogP contribution is 2.26. The van der Waals surface area contributed by atoms with Gasteiger partial charge in [-0.25, -0.2) is 9.59 Å². The average Bonchev–Trinajstić information content (AvgIpc) is 2.48. The molecule has 1 rings (SSSR count). The molecule has 0 bridgehead atoms. The summed E-state index contributed by atoms with van der Waals surface area (Å²) in [6.45, 7) is 3.38. The van der Waals surface area contributed by atoms with Crippen LogP contribution in [0.4, 0.5) is 14.5 Å². The Hall–Kier alpha value is -2.35. The van der Waals surface area contributed by atoms with Crippen molar-refractivity contribution in [3.05, 3.63) is 36.0 Å². The summed E-state index contributed by atoms with van der Waals surface area (Å²) in [5.41, 5.74) is -3.73. The van der Waals surface area contributed by atoms with Crippen molar-refractivity contribution in [3.63, 3.8) is 0 Å². The minimum absolute atomic E-state index is 0.0915. The van der Waals surface area contributed by atoms with Crippen LogP contribution in [0.1, 0.15) is 13.8 Å². The summed E-state index contributed by atoms with van der Waals surface area (Å²) < 4.78 is 38.7. The van der Waals surface area contributed by atoms with Crippen LogP contribution in [0.25, 0.3) is 0 Å². The first-order chi connectivity index (χ1) is 11.3. The van der Waals surface area contributed by atoms with Gasteiger partial charge in [-0.1, -0.05) is 0 Å².